The molecule has 1 unspecified atom stereocenters. The maximum atomic E-state index is 11.9. The average molecular weight is 315 g/mol. The molecule has 1 saturated heterocycles. The van der Waals surface area contributed by atoms with Crippen molar-refractivity contribution in [3.63, 3.8) is 0 Å². The van der Waals surface area contributed by atoms with Gasteiger partial charge in [0.15, 0.2) is 0 Å². The number of thioether (sulfide) groups is 1. The molecule has 0 radical (unpaired) electrons. The summed E-state index contributed by atoms with van der Waals surface area (Å²) in [6, 6.07) is 5.17. The molecule has 1 aliphatic rings. The molecule has 90 valence electrons. The predicted molar refractivity (Wildman–Crippen MR) is 72.3 cm³/mol. The number of rotatable bonds is 2. The lowest BCUT2D eigenvalue weighted by molar-refractivity contribution is -0.117. The number of carbonyl (C=O) groups excluding carboxylic acids is 2. The Hall–Kier alpha value is -1.01. The van der Waals surface area contributed by atoms with Crippen LogP contribution in [-0.2, 0) is 4.79 Å². The van der Waals surface area contributed by atoms with Gasteiger partial charge in [0.1, 0.15) is 6.04 Å². The molecule has 1 aromatic rings. The zero-order valence-corrected chi connectivity index (χ0v) is 11.5. The molecular formula is C11H11BrN2O2S. The molecule has 6 heteroatoms. The van der Waals surface area contributed by atoms with E-state index in [1.165, 1.54) is 0 Å². The third kappa shape index (κ3) is 2.81. The van der Waals surface area contributed by atoms with Crippen LogP contribution in [0.3, 0.4) is 0 Å². The first-order valence-corrected chi connectivity index (χ1v) is 6.85. The van der Waals surface area contributed by atoms with E-state index in [1.807, 2.05) is 25.1 Å². The second kappa shape index (κ2) is 5.10. The Balaban J connectivity index is 2.08. The van der Waals surface area contributed by atoms with Crippen molar-refractivity contribution in [2.24, 2.45) is 0 Å². The van der Waals surface area contributed by atoms with E-state index in [0.717, 1.165) is 27.5 Å². The molecule has 0 bridgehead atoms. The summed E-state index contributed by atoms with van der Waals surface area (Å²) in [6.07, 6.45) is 0. The Kier molecular flexibility index (Phi) is 3.73. The van der Waals surface area contributed by atoms with E-state index >= 15 is 0 Å². The highest BCUT2D eigenvalue weighted by Gasteiger charge is 2.28. The van der Waals surface area contributed by atoms with Crippen molar-refractivity contribution in [2.75, 3.05) is 11.1 Å². The van der Waals surface area contributed by atoms with Crippen LogP contribution >= 0.6 is 27.7 Å². The van der Waals surface area contributed by atoms with Crippen LogP contribution in [0.25, 0.3) is 0 Å². The summed E-state index contributed by atoms with van der Waals surface area (Å²) in [5, 5.41) is 5.28. The van der Waals surface area contributed by atoms with Crippen LogP contribution in [0.5, 0.6) is 0 Å². The average Bonchev–Trinajstić information content (AvgIpc) is 2.72. The van der Waals surface area contributed by atoms with Gasteiger partial charge < -0.3 is 10.6 Å². The highest BCUT2D eigenvalue weighted by molar-refractivity contribution is 9.10. The molecule has 17 heavy (non-hydrogen) atoms. The molecule has 2 rings (SSSR count). The van der Waals surface area contributed by atoms with Crippen LogP contribution in [0.4, 0.5) is 10.5 Å². The molecule has 0 saturated carbocycles. The number of anilines is 1. The summed E-state index contributed by atoms with van der Waals surface area (Å²) in [7, 11) is 0. The molecule has 0 aromatic heterocycles. The van der Waals surface area contributed by atoms with E-state index < -0.39 is 6.04 Å². The standard InChI is InChI=1S/C11H11BrN2O2S/c1-6-7(12)3-2-4-8(6)13-10(15)9-5-17-11(16)14-9/h2-4,9H,5H2,1H3,(H,13,15)(H,14,16). The Morgan fingerprint density at radius 1 is 1.59 bits per heavy atom. The third-order valence-corrected chi connectivity index (χ3v) is 4.25. The van der Waals surface area contributed by atoms with Crippen LogP contribution in [-0.4, -0.2) is 22.9 Å². The lowest BCUT2D eigenvalue weighted by Gasteiger charge is -2.12. The highest BCUT2D eigenvalue weighted by Crippen LogP contribution is 2.24. The van der Waals surface area contributed by atoms with Gasteiger partial charge in [0, 0.05) is 15.9 Å². The first kappa shape index (κ1) is 12.4. The minimum atomic E-state index is -0.439. The van der Waals surface area contributed by atoms with Crippen molar-refractivity contribution in [1.29, 1.82) is 0 Å². The van der Waals surface area contributed by atoms with E-state index in [0.29, 0.717) is 5.75 Å². The number of hydrogen-bond donors (Lipinski definition) is 2. The molecular weight excluding hydrogens is 304 g/mol. The highest BCUT2D eigenvalue weighted by atomic mass is 79.9. The summed E-state index contributed by atoms with van der Waals surface area (Å²) < 4.78 is 0.945. The number of amides is 2. The summed E-state index contributed by atoms with van der Waals surface area (Å²) in [6.45, 7) is 1.92. The molecule has 1 aromatic carbocycles. The Bertz CT molecular complexity index is 479. The summed E-state index contributed by atoms with van der Waals surface area (Å²) in [5.41, 5.74) is 1.73. The van der Waals surface area contributed by atoms with Gasteiger partial charge in [-0.15, -0.1) is 0 Å². The SMILES string of the molecule is Cc1c(Br)cccc1NC(=O)C1CSC(=O)N1. The maximum Gasteiger partial charge on any atom is 0.279 e. The van der Waals surface area contributed by atoms with Crippen LogP contribution < -0.4 is 10.6 Å². The van der Waals surface area contributed by atoms with Gasteiger partial charge in [0.2, 0.25) is 5.91 Å². The van der Waals surface area contributed by atoms with Gasteiger partial charge in [-0.05, 0) is 24.6 Å². The van der Waals surface area contributed by atoms with Gasteiger partial charge in [-0.3, -0.25) is 9.59 Å². The van der Waals surface area contributed by atoms with Crippen LogP contribution in [0.15, 0.2) is 22.7 Å². The Morgan fingerprint density at radius 2 is 2.35 bits per heavy atom. The second-order valence-electron chi connectivity index (χ2n) is 3.70. The van der Waals surface area contributed by atoms with Crippen LogP contribution in [0.1, 0.15) is 5.56 Å². The maximum absolute atomic E-state index is 11.9. The fourth-order valence-electron chi connectivity index (χ4n) is 1.49. The van der Waals surface area contributed by atoms with Gasteiger partial charge >= 0.3 is 0 Å². The molecule has 2 N–H and O–H groups in total. The third-order valence-electron chi connectivity index (χ3n) is 2.52. The van der Waals surface area contributed by atoms with Gasteiger partial charge in [-0.1, -0.05) is 33.8 Å². The Morgan fingerprint density at radius 3 is 3.00 bits per heavy atom. The zero-order chi connectivity index (χ0) is 12.4. The minimum Gasteiger partial charge on any atom is -0.334 e. The van der Waals surface area contributed by atoms with Gasteiger partial charge in [0.25, 0.3) is 5.24 Å². The van der Waals surface area contributed by atoms with E-state index in [-0.39, 0.29) is 11.1 Å². The van der Waals surface area contributed by atoms with Crippen LogP contribution in [0, 0.1) is 6.92 Å². The summed E-state index contributed by atoms with van der Waals surface area (Å²) >= 11 is 4.54. The van der Waals surface area contributed by atoms with Crippen molar-refractivity contribution >= 4 is 44.5 Å². The van der Waals surface area contributed by atoms with E-state index in [2.05, 4.69) is 26.6 Å². The number of hydrogen-bond acceptors (Lipinski definition) is 3. The monoisotopic (exact) mass is 314 g/mol. The van der Waals surface area contributed by atoms with Gasteiger partial charge in [-0.25, -0.2) is 0 Å². The number of nitrogens with one attached hydrogen (secondary N) is 2. The molecule has 1 heterocycles. The summed E-state index contributed by atoms with van der Waals surface area (Å²) in [5.74, 6) is 0.308. The Labute approximate surface area is 112 Å². The van der Waals surface area contributed by atoms with Crippen LogP contribution in [0.2, 0.25) is 0 Å². The normalized spacial score (nSPS) is 18.9. The topological polar surface area (TPSA) is 58.2 Å². The molecule has 1 aliphatic heterocycles. The van der Waals surface area contributed by atoms with Crippen molar-refractivity contribution in [1.82, 2.24) is 5.32 Å². The lowest BCUT2D eigenvalue weighted by Crippen LogP contribution is -2.38. The van der Waals surface area contributed by atoms with Crippen molar-refractivity contribution < 1.29 is 9.59 Å². The van der Waals surface area contributed by atoms with Crippen molar-refractivity contribution in [3.8, 4) is 0 Å². The fraction of sp³-hybridized carbons (Fsp3) is 0.273. The van der Waals surface area contributed by atoms with E-state index in [4.69, 9.17) is 0 Å². The van der Waals surface area contributed by atoms with Gasteiger partial charge in [-0.2, -0.15) is 0 Å². The number of carbonyl (C=O) groups is 2. The quantitative estimate of drug-likeness (QED) is 0.882. The predicted octanol–water partition coefficient (Wildman–Crippen LogP) is 2.52. The van der Waals surface area contributed by atoms with Gasteiger partial charge in [0.05, 0.1) is 0 Å². The molecule has 4 nitrogen and oxygen atoms in total. The molecule has 0 aliphatic carbocycles. The summed E-state index contributed by atoms with van der Waals surface area (Å²) in [4.78, 5) is 22.9. The molecule has 1 atom stereocenters. The molecule has 1 fully saturated rings. The lowest BCUT2D eigenvalue weighted by atomic mass is 10.2. The fourth-order valence-corrected chi connectivity index (χ4v) is 2.63. The molecule has 0 spiro atoms. The number of benzene rings is 1. The van der Waals surface area contributed by atoms with Crippen molar-refractivity contribution in [2.45, 2.75) is 13.0 Å². The first-order valence-electron chi connectivity index (χ1n) is 5.07. The number of halogens is 1. The minimum absolute atomic E-state index is 0.142. The first-order chi connectivity index (χ1) is 8.08. The largest absolute Gasteiger partial charge is 0.334 e. The second-order valence-corrected chi connectivity index (χ2v) is 5.54. The van der Waals surface area contributed by atoms with E-state index in [1.54, 1.807) is 0 Å². The van der Waals surface area contributed by atoms with E-state index in [9.17, 15) is 9.59 Å². The zero-order valence-electron chi connectivity index (χ0n) is 9.12. The molecule has 2 amide bonds. The van der Waals surface area contributed by atoms with Crippen molar-refractivity contribution in [3.05, 3.63) is 28.2 Å². The smallest absolute Gasteiger partial charge is 0.279 e.